The number of hydrogen-bond acceptors (Lipinski definition) is 0. The minimum atomic E-state index is 0.432. The van der Waals surface area contributed by atoms with Gasteiger partial charge in [-0.2, -0.15) is 0 Å². The first-order valence-corrected chi connectivity index (χ1v) is 8.91. The first-order chi connectivity index (χ1) is 6.36. The molecular weight excluding hydrogens is 271 g/mol. The second-order valence-electron chi connectivity index (χ2n) is 3.74. The van der Waals surface area contributed by atoms with E-state index in [1.165, 1.54) is 36.5 Å². The molecule has 1 aliphatic carbocycles. The van der Waals surface area contributed by atoms with Crippen LogP contribution in [0.2, 0.25) is 0 Å². The molecule has 1 unspecified atom stereocenters. The summed E-state index contributed by atoms with van der Waals surface area (Å²) in [4.78, 5) is 2.33. The molecule has 1 fully saturated rings. The predicted molar refractivity (Wildman–Crippen MR) is 54.6 cm³/mol. The van der Waals surface area contributed by atoms with Gasteiger partial charge in [0.1, 0.15) is 0 Å². The molecule has 0 N–H and O–H groups in total. The van der Waals surface area contributed by atoms with Gasteiger partial charge in [0.25, 0.3) is 0 Å². The second-order valence-corrected chi connectivity index (χ2v) is 6.15. The van der Waals surface area contributed by atoms with Crippen LogP contribution in [0.15, 0.2) is 17.4 Å². The van der Waals surface area contributed by atoms with Gasteiger partial charge >= 0.3 is 92.9 Å². The van der Waals surface area contributed by atoms with Crippen LogP contribution in [0.25, 0.3) is 0 Å². The van der Waals surface area contributed by atoms with E-state index in [9.17, 15) is 0 Å². The fourth-order valence-corrected chi connectivity index (χ4v) is 2.56. The zero-order valence-corrected chi connectivity index (χ0v) is 10.9. The molecule has 1 aliphatic rings. The summed E-state index contributed by atoms with van der Waals surface area (Å²) in [5, 5.41) is 0. The molecule has 1 rings (SSSR count). The van der Waals surface area contributed by atoms with E-state index < -0.39 is 0 Å². The fourth-order valence-electron chi connectivity index (χ4n) is 1.90. The van der Waals surface area contributed by atoms with Crippen molar-refractivity contribution in [2.75, 3.05) is 9.36 Å². The number of rotatable bonds is 3. The van der Waals surface area contributed by atoms with E-state index in [0.717, 1.165) is 5.92 Å². The van der Waals surface area contributed by atoms with Crippen LogP contribution in [0.5, 0.6) is 0 Å². The average Bonchev–Trinajstić information content (AvgIpc) is 2.19. The third kappa shape index (κ3) is 4.33. The van der Waals surface area contributed by atoms with Crippen LogP contribution in [0.1, 0.15) is 39.0 Å². The van der Waals surface area contributed by atoms with E-state index in [1.54, 1.807) is 5.57 Å². The van der Waals surface area contributed by atoms with Gasteiger partial charge in [-0.15, -0.1) is 0 Å². The molecule has 0 bridgehead atoms. The fraction of sp³-hybridized carbons (Fsp3) is 0.750. The van der Waals surface area contributed by atoms with Gasteiger partial charge in [-0.1, -0.05) is 0 Å². The van der Waals surface area contributed by atoms with Gasteiger partial charge in [0.15, 0.2) is 0 Å². The maximum absolute atomic E-state index is 3.51. The van der Waals surface area contributed by atoms with Crippen LogP contribution in [-0.2, 0) is 0 Å². The van der Waals surface area contributed by atoms with Crippen molar-refractivity contribution in [1.29, 1.82) is 0 Å². The number of alkyl halides is 2. The van der Waals surface area contributed by atoms with Gasteiger partial charge in [-0.05, 0) is 0 Å². The van der Waals surface area contributed by atoms with Crippen molar-refractivity contribution in [1.82, 2.24) is 0 Å². The molecule has 13 heavy (non-hydrogen) atoms. The van der Waals surface area contributed by atoms with Gasteiger partial charge in [-0.3, -0.25) is 0 Å². The molecule has 0 spiro atoms. The molecule has 0 radical (unpaired) electrons. The second kappa shape index (κ2) is 6.67. The van der Waals surface area contributed by atoms with Crippen molar-refractivity contribution < 1.29 is 21.2 Å². The van der Waals surface area contributed by atoms with Gasteiger partial charge in [-0.25, -0.2) is 0 Å². The number of halogens is 1. The molecule has 0 saturated heterocycles. The van der Waals surface area contributed by atoms with Gasteiger partial charge < -0.3 is 0 Å². The zero-order chi connectivity index (χ0) is 9.52. The van der Waals surface area contributed by atoms with Crippen molar-refractivity contribution in [3.63, 3.8) is 0 Å². The van der Waals surface area contributed by atoms with Gasteiger partial charge in [0, 0.05) is 0 Å². The Kier molecular flexibility index (Phi) is 5.81. The normalized spacial score (nSPS) is 22.9. The molecular formula is C12H20I-. The summed E-state index contributed by atoms with van der Waals surface area (Å²) >= 11 is 0.432. The quantitative estimate of drug-likeness (QED) is 0.401. The molecule has 0 aliphatic heterocycles. The summed E-state index contributed by atoms with van der Waals surface area (Å²) in [6, 6.07) is 0. The maximum atomic E-state index is 3.51. The van der Waals surface area contributed by atoms with Crippen LogP contribution >= 0.6 is 0 Å². The van der Waals surface area contributed by atoms with E-state index in [-0.39, 0.29) is 0 Å². The van der Waals surface area contributed by atoms with Gasteiger partial charge in [0.05, 0.1) is 0 Å². The third-order valence-corrected chi connectivity index (χ3v) is 4.06. The molecule has 1 atom stereocenters. The SMILES string of the molecule is CCC1CCCC(=C=CC[I-]C)C1. The molecule has 76 valence electrons. The topological polar surface area (TPSA) is 0 Å². The van der Waals surface area contributed by atoms with Crippen molar-refractivity contribution in [2.45, 2.75) is 39.0 Å². The molecule has 0 aromatic rings. The van der Waals surface area contributed by atoms with Crippen LogP contribution in [0, 0.1) is 5.92 Å². The molecule has 1 heteroatoms. The van der Waals surface area contributed by atoms with E-state index in [2.05, 4.69) is 23.7 Å². The third-order valence-electron chi connectivity index (χ3n) is 2.74. The first kappa shape index (κ1) is 11.3. The minimum absolute atomic E-state index is 0.432. The van der Waals surface area contributed by atoms with Crippen molar-refractivity contribution >= 4 is 0 Å². The summed E-state index contributed by atoms with van der Waals surface area (Å²) in [6.07, 6.45) is 9.12. The van der Waals surface area contributed by atoms with E-state index in [1.807, 2.05) is 0 Å². The average molecular weight is 291 g/mol. The van der Waals surface area contributed by atoms with E-state index in [0.29, 0.717) is 21.2 Å². The predicted octanol–water partition coefficient (Wildman–Crippen LogP) is 0.387. The zero-order valence-electron chi connectivity index (χ0n) is 8.78. The molecule has 1 saturated carbocycles. The Balaban J connectivity index is 2.45. The van der Waals surface area contributed by atoms with Crippen LogP contribution in [0.3, 0.4) is 0 Å². The van der Waals surface area contributed by atoms with Crippen molar-refractivity contribution in [3.05, 3.63) is 17.4 Å². The summed E-state index contributed by atoms with van der Waals surface area (Å²) in [6.45, 7) is 2.31. The van der Waals surface area contributed by atoms with E-state index in [4.69, 9.17) is 0 Å². The van der Waals surface area contributed by atoms with Crippen LogP contribution in [-0.4, -0.2) is 9.36 Å². The summed E-state index contributed by atoms with van der Waals surface area (Å²) in [7, 11) is 0. The Morgan fingerprint density at radius 1 is 1.62 bits per heavy atom. The van der Waals surface area contributed by atoms with Crippen LogP contribution < -0.4 is 21.2 Å². The molecule has 0 nitrogen and oxygen atoms in total. The van der Waals surface area contributed by atoms with Crippen molar-refractivity contribution in [3.8, 4) is 0 Å². The van der Waals surface area contributed by atoms with Crippen molar-refractivity contribution in [2.24, 2.45) is 5.92 Å². The molecule has 0 amide bonds. The first-order valence-electron chi connectivity index (χ1n) is 5.23. The molecule has 0 heterocycles. The Labute approximate surface area is 92.8 Å². The Morgan fingerprint density at radius 3 is 3.15 bits per heavy atom. The van der Waals surface area contributed by atoms with Crippen LogP contribution in [0.4, 0.5) is 0 Å². The Bertz CT molecular complexity index is 199. The Morgan fingerprint density at radius 2 is 2.46 bits per heavy atom. The Hall–Kier alpha value is 0.250. The summed E-state index contributed by atoms with van der Waals surface area (Å²) in [5.41, 5.74) is 5.10. The van der Waals surface area contributed by atoms with E-state index >= 15 is 0 Å². The summed E-state index contributed by atoms with van der Waals surface area (Å²) in [5.74, 6) is 0.959. The number of hydrogen-bond donors (Lipinski definition) is 0. The molecule has 0 aromatic carbocycles. The number of allylic oxidation sites excluding steroid dienone is 1. The monoisotopic (exact) mass is 291 g/mol. The van der Waals surface area contributed by atoms with Gasteiger partial charge in [0.2, 0.25) is 0 Å². The summed E-state index contributed by atoms with van der Waals surface area (Å²) < 4.78 is 1.30. The molecule has 0 aromatic heterocycles. The standard InChI is InChI=1S/C12H20I/c1-3-11-6-4-7-12(10-11)8-5-9-13-2/h5,11H,3-4,6-7,9-10H2,1-2H3/q-1.